The molecular weight excluding hydrogens is 282 g/mol. The van der Waals surface area contributed by atoms with Crippen molar-refractivity contribution in [3.8, 4) is 0 Å². The molecule has 0 amide bonds. The second-order valence-electron chi connectivity index (χ2n) is 5.07. The molecule has 0 aliphatic heterocycles. The van der Waals surface area contributed by atoms with Gasteiger partial charge in [-0.3, -0.25) is 0 Å². The first-order chi connectivity index (χ1) is 10.5. The quantitative estimate of drug-likeness (QED) is 0.723. The molecule has 5 nitrogen and oxygen atoms in total. The lowest BCUT2D eigenvalue weighted by atomic mass is 10.0. The van der Waals surface area contributed by atoms with Crippen molar-refractivity contribution in [1.29, 1.82) is 0 Å². The Bertz CT molecular complexity index is 931. The minimum absolute atomic E-state index is 0.180. The molecule has 2 N–H and O–H groups in total. The molecule has 0 aliphatic rings. The summed E-state index contributed by atoms with van der Waals surface area (Å²) in [6.45, 7) is 1.93. The summed E-state index contributed by atoms with van der Waals surface area (Å²) in [5, 5.41) is 19.8. The van der Waals surface area contributed by atoms with Gasteiger partial charge >= 0.3 is 11.9 Å². The van der Waals surface area contributed by atoms with Crippen LogP contribution in [0, 0.1) is 0 Å². The van der Waals surface area contributed by atoms with E-state index < -0.39 is 11.9 Å². The van der Waals surface area contributed by atoms with Crippen LogP contribution in [0.25, 0.3) is 21.8 Å². The molecule has 22 heavy (non-hydrogen) atoms. The van der Waals surface area contributed by atoms with Gasteiger partial charge in [0.2, 0.25) is 0 Å². The Morgan fingerprint density at radius 2 is 1.68 bits per heavy atom. The van der Waals surface area contributed by atoms with Gasteiger partial charge < -0.3 is 10.2 Å². The van der Waals surface area contributed by atoms with Gasteiger partial charge in [0.05, 0.1) is 22.2 Å². The summed E-state index contributed by atoms with van der Waals surface area (Å²) in [6, 6.07) is 9.78. The highest BCUT2D eigenvalue weighted by atomic mass is 16.4. The van der Waals surface area contributed by atoms with Crippen LogP contribution >= 0.6 is 0 Å². The highest BCUT2D eigenvalue weighted by molar-refractivity contribution is 6.00. The van der Waals surface area contributed by atoms with Crippen molar-refractivity contribution in [3.63, 3.8) is 0 Å². The van der Waals surface area contributed by atoms with Crippen molar-refractivity contribution in [1.82, 2.24) is 4.98 Å². The van der Waals surface area contributed by atoms with E-state index in [1.807, 2.05) is 13.0 Å². The summed E-state index contributed by atoms with van der Waals surface area (Å²) in [6.07, 6.45) is 0.648. The molecule has 110 valence electrons. The molecule has 0 atom stereocenters. The normalized spacial score (nSPS) is 11.0. The van der Waals surface area contributed by atoms with Crippen LogP contribution in [-0.4, -0.2) is 27.1 Å². The Kier molecular flexibility index (Phi) is 3.25. The predicted molar refractivity (Wildman–Crippen MR) is 82.5 cm³/mol. The van der Waals surface area contributed by atoms with E-state index in [-0.39, 0.29) is 11.1 Å². The maximum atomic E-state index is 11.2. The topological polar surface area (TPSA) is 87.5 Å². The number of aryl methyl sites for hydroxylation is 1. The van der Waals surface area contributed by atoms with E-state index in [1.165, 1.54) is 12.1 Å². The number of benzene rings is 2. The van der Waals surface area contributed by atoms with E-state index in [1.54, 1.807) is 18.2 Å². The van der Waals surface area contributed by atoms with Crippen LogP contribution < -0.4 is 0 Å². The molecular formula is C17H13NO4. The van der Waals surface area contributed by atoms with E-state index in [4.69, 9.17) is 5.11 Å². The summed E-state index contributed by atoms with van der Waals surface area (Å²) in [7, 11) is 0. The highest BCUT2D eigenvalue weighted by Gasteiger charge is 2.11. The molecule has 1 heterocycles. The van der Waals surface area contributed by atoms with Gasteiger partial charge in [-0.25, -0.2) is 14.6 Å². The van der Waals surface area contributed by atoms with Crippen LogP contribution in [0.1, 0.15) is 33.2 Å². The molecule has 2 aromatic carbocycles. The number of rotatable bonds is 3. The number of carbonyl (C=O) groups is 2. The van der Waals surface area contributed by atoms with Crippen molar-refractivity contribution >= 4 is 33.7 Å². The average molecular weight is 295 g/mol. The number of hydrogen-bond acceptors (Lipinski definition) is 3. The lowest BCUT2D eigenvalue weighted by molar-refractivity contribution is 0.0686. The largest absolute Gasteiger partial charge is 0.478 e. The smallest absolute Gasteiger partial charge is 0.335 e. The lowest BCUT2D eigenvalue weighted by Gasteiger charge is -2.08. The Morgan fingerprint density at radius 1 is 0.955 bits per heavy atom. The highest BCUT2D eigenvalue weighted by Crippen LogP contribution is 2.25. The fraction of sp³-hybridized carbons (Fsp3) is 0.118. The van der Waals surface area contributed by atoms with E-state index in [9.17, 15) is 14.7 Å². The number of pyridine rings is 1. The summed E-state index contributed by atoms with van der Waals surface area (Å²) in [5.41, 5.74) is 2.54. The fourth-order valence-corrected chi connectivity index (χ4v) is 2.54. The zero-order chi connectivity index (χ0) is 15.9. The first-order valence-corrected chi connectivity index (χ1v) is 6.83. The SMILES string of the molecule is CCc1cc(C(=O)O)cc2cc3ccc(C(=O)O)cc3nc12. The van der Waals surface area contributed by atoms with Crippen molar-refractivity contribution in [3.05, 3.63) is 53.1 Å². The van der Waals surface area contributed by atoms with Crippen LogP contribution in [-0.2, 0) is 6.42 Å². The second-order valence-corrected chi connectivity index (χ2v) is 5.07. The number of aromatic nitrogens is 1. The van der Waals surface area contributed by atoms with Gasteiger partial charge in [-0.2, -0.15) is 0 Å². The molecule has 0 fully saturated rings. The molecule has 0 aliphatic carbocycles. The Morgan fingerprint density at radius 3 is 2.32 bits per heavy atom. The number of aromatic carboxylic acids is 2. The van der Waals surface area contributed by atoms with Crippen LogP contribution in [0.5, 0.6) is 0 Å². The fourth-order valence-electron chi connectivity index (χ4n) is 2.54. The Hall–Kier alpha value is -2.95. The summed E-state index contributed by atoms with van der Waals surface area (Å²) in [5.74, 6) is -1.97. The molecule has 0 spiro atoms. The predicted octanol–water partition coefficient (Wildman–Crippen LogP) is 3.35. The minimum atomic E-state index is -0.999. The third kappa shape index (κ3) is 2.26. The van der Waals surface area contributed by atoms with Crippen LogP contribution in [0.3, 0.4) is 0 Å². The zero-order valence-electron chi connectivity index (χ0n) is 11.8. The number of carboxylic acid groups (broad SMARTS) is 2. The van der Waals surface area contributed by atoms with Crippen LogP contribution in [0.15, 0.2) is 36.4 Å². The van der Waals surface area contributed by atoms with Crippen LogP contribution in [0.4, 0.5) is 0 Å². The molecule has 5 heteroatoms. The first kappa shape index (κ1) is 14.0. The summed E-state index contributed by atoms with van der Waals surface area (Å²) < 4.78 is 0. The molecule has 0 radical (unpaired) electrons. The van der Waals surface area contributed by atoms with E-state index in [0.29, 0.717) is 17.5 Å². The van der Waals surface area contributed by atoms with Gasteiger partial charge in [0.1, 0.15) is 0 Å². The van der Waals surface area contributed by atoms with Gasteiger partial charge in [-0.05, 0) is 42.3 Å². The molecule has 3 aromatic rings. The molecule has 0 saturated heterocycles. The molecule has 0 saturated carbocycles. The Balaban J connectivity index is 2.35. The molecule has 3 rings (SSSR count). The van der Waals surface area contributed by atoms with Gasteiger partial charge in [0, 0.05) is 10.8 Å². The van der Waals surface area contributed by atoms with Gasteiger partial charge in [-0.15, -0.1) is 0 Å². The zero-order valence-corrected chi connectivity index (χ0v) is 11.8. The molecule has 0 bridgehead atoms. The van der Waals surface area contributed by atoms with Gasteiger partial charge in [-0.1, -0.05) is 13.0 Å². The maximum Gasteiger partial charge on any atom is 0.335 e. The monoisotopic (exact) mass is 295 g/mol. The van der Waals surface area contributed by atoms with Crippen molar-refractivity contribution in [2.24, 2.45) is 0 Å². The Labute approximate surface area is 125 Å². The molecule has 0 unspecified atom stereocenters. The van der Waals surface area contributed by atoms with Crippen molar-refractivity contribution in [2.75, 3.05) is 0 Å². The summed E-state index contributed by atoms with van der Waals surface area (Å²) >= 11 is 0. The summed E-state index contributed by atoms with van der Waals surface area (Å²) in [4.78, 5) is 26.8. The molecule has 1 aromatic heterocycles. The standard InChI is InChI=1S/C17H13NO4/c1-2-9-5-13(17(21)22)7-12-6-10-3-4-11(16(19)20)8-14(10)18-15(9)12/h3-8H,2H2,1H3,(H,19,20)(H,21,22). The number of fused-ring (bicyclic) bond motifs is 2. The van der Waals surface area contributed by atoms with Gasteiger partial charge in [0.25, 0.3) is 0 Å². The number of hydrogen-bond donors (Lipinski definition) is 2. The van der Waals surface area contributed by atoms with E-state index in [0.717, 1.165) is 16.3 Å². The minimum Gasteiger partial charge on any atom is -0.478 e. The number of carboxylic acids is 2. The van der Waals surface area contributed by atoms with E-state index in [2.05, 4.69) is 4.98 Å². The van der Waals surface area contributed by atoms with Crippen molar-refractivity contribution in [2.45, 2.75) is 13.3 Å². The lowest BCUT2D eigenvalue weighted by Crippen LogP contribution is -2.00. The van der Waals surface area contributed by atoms with Gasteiger partial charge in [0.15, 0.2) is 0 Å². The second kappa shape index (κ2) is 5.11. The maximum absolute atomic E-state index is 11.2. The van der Waals surface area contributed by atoms with Crippen LogP contribution in [0.2, 0.25) is 0 Å². The average Bonchev–Trinajstić information content (AvgIpc) is 2.50. The first-order valence-electron chi connectivity index (χ1n) is 6.83. The van der Waals surface area contributed by atoms with Crippen molar-refractivity contribution < 1.29 is 19.8 Å². The third-order valence-corrected chi connectivity index (χ3v) is 3.67. The number of nitrogens with zero attached hydrogens (tertiary/aromatic N) is 1. The van der Waals surface area contributed by atoms with E-state index >= 15 is 0 Å². The third-order valence-electron chi connectivity index (χ3n) is 3.67.